The Bertz CT molecular complexity index is 651. The van der Waals surface area contributed by atoms with Gasteiger partial charge in [0, 0.05) is 23.6 Å². The third-order valence-corrected chi connectivity index (χ3v) is 4.80. The fourth-order valence-electron chi connectivity index (χ4n) is 2.69. The van der Waals surface area contributed by atoms with Crippen molar-refractivity contribution in [1.82, 2.24) is 9.97 Å². The summed E-state index contributed by atoms with van der Waals surface area (Å²) in [5.41, 5.74) is 2.24. The summed E-state index contributed by atoms with van der Waals surface area (Å²) >= 11 is 3.59. The van der Waals surface area contributed by atoms with Crippen molar-refractivity contribution in [2.45, 2.75) is 26.7 Å². The van der Waals surface area contributed by atoms with Gasteiger partial charge in [-0.05, 0) is 59.3 Å². The van der Waals surface area contributed by atoms with Crippen LogP contribution in [0.25, 0.3) is 0 Å². The van der Waals surface area contributed by atoms with Crippen LogP contribution in [0.1, 0.15) is 25.3 Å². The zero-order chi connectivity index (χ0) is 15.5. The first-order chi connectivity index (χ1) is 10.6. The average molecular weight is 361 g/mol. The minimum atomic E-state index is 0.819. The van der Waals surface area contributed by atoms with E-state index in [1.54, 1.807) is 6.33 Å². The summed E-state index contributed by atoms with van der Waals surface area (Å²) in [7, 11) is 0. The number of nitrogens with one attached hydrogen (secondary N) is 1. The van der Waals surface area contributed by atoms with Crippen molar-refractivity contribution < 1.29 is 0 Å². The zero-order valence-electron chi connectivity index (χ0n) is 13.0. The van der Waals surface area contributed by atoms with E-state index >= 15 is 0 Å². The molecule has 1 fully saturated rings. The molecule has 1 saturated heterocycles. The highest BCUT2D eigenvalue weighted by molar-refractivity contribution is 9.10. The van der Waals surface area contributed by atoms with Crippen LogP contribution in [0.15, 0.2) is 35.1 Å². The predicted molar refractivity (Wildman–Crippen MR) is 94.8 cm³/mol. The highest BCUT2D eigenvalue weighted by atomic mass is 79.9. The van der Waals surface area contributed by atoms with E-state index < -0.39 is 0 Å². The van der Waals surface area contributed by atoms with E-state index in [1.165, 1.54) is 18.4 Å². The van der Waals surface area contributed by atoms with Crippen molar-refractivity contribution >= 4 is 33.3 Å². The van der Waals surface area contributed by atoms with E-state index in [0.29, 0.717) is 0 Å². The van der Waals surface area contributed by atoms with Crippen molar-refractivity contribution in [3.05, 3.63) is 40.6 Å². The number of aryl methyl sites for hydroxylation is 1. The fourth-order valence-corrected chi connectivity index (χ4v) is 3.28. The average Bonchev–Trinajstić information content (AvgIpc) is 2.51. The maximum absolute atomic E-state index is 4.43. The van der Waals surface area contributed by atoms with Crippen LogP contribution in [0.5, 0.6) is 0 Å². The predicted octanol–water partition coefficient (Wildman–Crippen LogP) is 4.53. The van der Waals surface area contributed by atoms with Crippen molar-refractivity contribution in [1.29, 1.82) is 0 Å². The molecule has 1 aliphatic heterocycles. The summed E-state index contributed by atoms with van der Waals surface area (Å²) in [6.07, 6.45) is 4.10. The molecule has 1 aromatic heterocycles. The van der Waals surface area contributed by atoms with Gasteiger partial charge in [0.05, 0.1) is 5.69 Å². The van der Waals surface area contributed by atoms with Gasteiger partial charge in [-0.15, -0.1) is 0 Å². The van der Waals surface area contributed by atoms with Gasteiger partial charge in [-0.25, -0.2) is 9.97 Å². The molecule has 0 amide bonds. The van der Waals surface area contributed by atoms with Crippen molar-refractivity contribution in [3.8, 4) is 0 Å². The molecule has 2 heterocycles. The molecule has 3 rings (SSSR count). The molecule has 0 radical (unpaired) electrons. The topological polar surface area (TPSA) is 41.0 Å². The van der Waals surface area contributed by atoms with Crippen LogP contribution in [0.3, 0.4) is 0 Å². The summed E-state index contributed by atoms with van der Waals surface area (Å²) in [5, 5.41) is 3.36. The standard InChI is InChI=1S/C17H21BrN4/c1-12-5-7-22(8-6-12)17-10-16(19-11-20-17)21-15-4-3-13(2)9-14(15)18/h3-4,9-12H,5-8H2,1-2H3,(H,19,20,21). The smallest absolute Gasteiger partial charge is 0.135 e. The highest BCUT2D eigenvalue weighted by Gasteiger charge is 2.17. The quantitative estimate of drug-likeness (QED) is 0.872. The minimum Gasteiger partial charge on any atom is -0.356 e. The molecule has 1 N–H and O–H groups in total. The molecular weight excluding hydrogens is 340 g/mol. The molecule has 5 heteroatoms. The van der Waals surface area contributed by atoms with Crippen LogP contribution >= 0.6 is 15.9 Å². The normalized spacial score (nSPS) is 15.9. The van der Waals surface area contributed by atoms with Crippen LogP contribution in [0.2, 0.25) is 0 Å². The Hall–Kier alpha value is -1.62. The maximum Gasteiger partial charge on any atom is 0.135 e. The van der Waals surface area contributed by atoms with E-state index in [1.807, 2.05) is 6.07 Å². The number of anilines is 3. The monoisotopic (exact) mass is 360 g/mol. The fraction of sp³-hybridized carbons (Fsp3) is 0.412. The maximum atomic E-state index is 4.43. The molecule has 22 heavy (non-hydrogen) atoms. The Kier molecular flexibility index (Phi) is 4.62. The lowest BCUT2D eigenvalue weighted by molar-refractivity contribution is 0.436. The molecule has 0 saturated carbocycles. The van der Waals surface area contributed by atoms with Gasteiger partial charge in [0.1, 0.15) is 18.0 Å². The second kappa shape index (κ2) is 6.65. The number of piperidine rings is 1. The molecule has 1 aromatic carbocycles. The second-order valence-corrected chi connectivity index (χ2v) is 6.89. The van der Waals surface area contributed by atoms with Gasteiger partial charge >= 0.3 is 0 Å². The van der Waals surface area contributed by atoms with E-state index in [0.717, 1.165) is 40.8 Å². The zero-order valence-corrected chi connectivity index (χ0v) is 14.6. The van der Waals surface area contributed by atoms with Gasteiger partial charge in [-0.2, -0.15) is 0 Å². The van der Waals surface area contributed by atoms with Crippen LogP contribution in [0, 0.1) is 12.8 Å². The minimum absolute atomic E-state index is 0.819. The van der Waals surface area contributed by atoms with Gasteiger partial charge in [-0.3, -0.25) is 0 Å². The summed E-state index contributed by atoms with van der Waals surface area (Å²) in [5.74, 6) is 2.65. The van der Waals surface area contributed by atoms with Gasteiger partial charge in [0.2, 0.25) is 0 Å². The van der Waals surface area contributed by atoms with Gasteiger partial charge < -0.3 is 10.2 Å². The number of rotatable bonds is 3. The number of hydrogen-bond acceptors (Lipinski definition) is 4. The van der Waals surface area contributed by atoms with E-state index in [4.69, 9.17) is 0 Å². The Morgan fingerprint density at radius 3 is 2.68 bits per heavy atom. The third kappa shape index (κ3) is 3.58. The first-order valence-corrected chi connectivity index (χ1v) is 8.51. The molecular formula is C17H21BrN4. The van der Waals surface area contributed by atoms with Crippen molar-refractivity contribution in [2.24, 2.45) is 5.92 Å². The number of hydrogen-bond donors (Lipinski definition) is 1. The third-order valence-electron chi connectivity index (χ3n) is 4.15. The SMILES string of the molecule is Cc1ccc(Nc2cc(N3CCC(C)CC3)ncn2)c(Br)c1. The Balaban J connectivity index is 1.76. The van der Waals surface area contributed by atoms with Gasteiger partial charge in [0.25, 0.3) is 0 Å². The van der Waals surface area contributed by atoms with Crippen LogP contribution in [-0.2, 0) is 0 Å². The van der Waals surface area contributed by atoms with E-state index in [-0.39, 0.29) is 0 Å². The van der Waals surface area contributed by atoms with Crippen LogP contribution in [-0.4, -0.2) is 23.1 Å². The molecule has 0 spiro atoms. The molecule has 0 unspecified atom stereocenters. The van der Waals surface area contributed by atoms with Crippen molar-refractivity contribution in [3.63, 3.8) is 0 Å². The molecule has 116 valence electrons. The molecule has 0 aliphatic carbocycles. The second-order valence-electron chi connectivity index (χ2n) is 6.04. The number of nitrogens with zero attached hydrogens (tertiary/aromatic N) is 3. The van der Waals surface area contributed by atoms with Gasteiger partial charge in [0.15, 0.2) is 0 Å². The Morgan fingerprint density at radius 1 is 1.18 bits per heavy atom. The van der Waals surface area contributed by atoms with E-state index in [9.17, 15) is 0 Å². The van der Waals surface area contributed by atoms with Crippen molar-refractivity contribution in [2.75, 3.05) is 23.3 Å². The summed E-state index contributed by atoms with van der Waals surface area (Å²) < 4.78 is 1.04. The lowest BCUT2D eigenvalue weighted by atomic mass is 9.99. The highest BCUT2D eigenvalue weighted by Crippen LogP contribution is 2.28. The Morgan fingerprint density at radius 2 is 1.95 bits per heavy atom. The molecule has 0 atom stereocenters. The lowest BCUT2D eigenvalue weighted by Gasteiger charge is -2.31. The van der Waals surface area contributed by atoms with E-state index in [2.05, 4.69) is 68.2 Å². The number of aromatic nitrogens is 2. The number of benzene rings is 1. The first kappa shape index (κ1) is 15.3. The van der Waals surface area contributed by atoms with Crippen LogP contribution < -0.4 is 10.2 Å². The lowest BCUT2D eigenvalue weighted by Crippen LogP contribution is -2.33. The largest absolute Gasteiger partial charge is 0.356 e. The Labute approximate surface area is 140 Å². The van der Waals surface area contributed by atoms with Crippen LogP contribution in [0.4, 0.5) is 17.3 Å². The molecule has 0 bridgehead atoms. The number of halogens is 1. The molecule has 4 nitrogen and oxygen atoms in total. The molecule has 2 aromatic rings. The summed E-state index contributed by atoms with van der Waals surface area (Å²) in [4.78, 5) is 11.1. The summed E-state index contributed by atoms with van der Waals surface area (Å²) in [6, 6.07) is 8.27. The van der Waals surface area contributed by atoms with Gasteiger partial charge in [-0.1, -0.05) is 13.0 Å². The molecule has 1 aliphatic rings. The summed E-state index contributed by atoms with van der Waals surface area (Å²) in [6.45, 7) is 6.55. The first-order valence-electron chi connectivity index (χ1n) is 7.72.